The summed E-state index contributed by atoms with van der Waals surface area (Å²) in [6.45, 7) is 3.65. The summed E-state index contributed by atoms with van der Waals surface area (Å²) < 4.78 is 28.7. The van der Waals surface area contributed by atoms with Crippen LogP contribution in [0, 0.1) is 11.6 Å². The molecule has 0 saturated carbocycles. The number of anilines is 1. The lowest BCUT2D eigenvalue weighted by molar-refractivity contribution is -0.130. The van der Waals surface area contributed by atoms with Crippen molar-refractivity contribution in [2.24, 2.45) is 5.16 Å². The highest BCUT2D eigenvalue weighted by Gasteiger charge is 2.26. The van der Waals surface area contributed by atoms with E-state index in [0.29, 0.717) is 61.7 Å². The van der Waals surface area contributed by atoms with Gasteiger partial charge >= 0.3 is 0 Å². The molecule has 2 aliphatic heterocycles. The van der Waals surface area contributed by atoms with Crippen LogP contribution in [0.4, 0.5) is 14.5 Å². The van der Waals surface area contributed by atoms with Gasteiger partial charge in [-0.05, 0) is 23.8 Å². The van der Waals surface area contributed by atoms with Crippen molar-refractivity contribution in [3.05, 3.63) is 65.2 Å². The first-order chi connectivity index (χ1) is 15.9. The molecule has 2 heterocycles. The number of nitrogens with zero attached hydrogens (tertiary/aromatic N) is 3. The first-order valence-electron chi connectivity index (χ1n) is 10.9. The van der Waals surface area contributed by atoms with Crippen LogP contribution >= 0.6 is 0 Å². The van der Waals surface area contributed by atoms with Crippen LogP contribution < -0.4 is 10.2 Å². The summed E-state index contributed by atoms with van der Waals surface area (Å²) in [4.78, 5) is 32.5. The van der Waals surface area contributed by atoms with E-state index >= 15 is 0 Å². The van der Waals surface area contributed by atoms with Crippen molar-refractivity contribution in [2.45, 2.75) is 25.9 Å². The second kappa shape index (κ2) is 9.97. The fraction of sp³-hybridized carbons (Fsp3) is 0.375. The van der Waals surface area contributed by atoms with Crippen LogP contribution in [0.2, 0.25) is 0 Å². The third kappa shape index (κ3) is 5.47. The average molecular weight is 456 g/mol. The Morgan fingerprint density at radius 1 is 1.09 bits per heavy atom. The lowest BCUT2D eigenvalue weighted by atomic mass is 10.0. The number of hydrogen-bond acceptors (Lipinski definition) is 5. The van der Waals surface area contributed by atoms with E-state index in [1.165, 1.54) is 19.1 Å². The number of nitrogens with one attached hydrogen (secondary N) is 1. The molecule has 174 valence electrons. The molecule has 2 aliphatic rings. The normalized spacial score (nSPS) is 18.0. The first-order valence-corrected chi connectivity index (χ1v) is 10.9. The van der Waals surface area contributed by atoms with Crippen LogP contribution in [-0.4, -0.2) is 61.3 Å². The van der Waals surface area contributed by atoms with Crippen LogP contribution in [0.3, 0.4) is 0 Å². The summed E-state index contributed by atoms with van der Waals surface area (Å²) in [6.07, 6.45) is 0.242. The van der Waals surface area contributed by atoms with Crippen LogP contribution in [0.15, 0.2) is 47.6 Å². The topological polar surface area (TPSA) is 74.2 Å². The van der Waals surface area contributed by atoms with Gasteiger partial charge in [-0.15, -0.1) is 0 Å². The molecule has 2 aromatic carbocycles. The average Bonchev–Trinajstić information content (AvgIpc) is 3.28. The molecule has 1 atom stereocenters. The van der Waals surface area contributed by atoms with E-state index in [2.05, 4.69) is 10.5 Å². The van der Waals surface area contributed by atoms with Crippen molar-refractivity contribution in [2.75, 3.05) is 37.6 Å². The Balaban J connectivity index is 1.32. The molecule has 2 amide bonds. The smallest absolute Gasteiger partial charge is 0.227 e. The summed E-state index contributed by atoms with van der Waals surface area (Å²) >= 11 is 0. The third-order valence-corrected chi connectivity index (χ3v) is 5.87. The van der Waals surface area contributed by atoms with Gasteiger partial charge in [-0.25, -0.2) is 8.78 Å². The van der Waals surface area contributed by atoms with Gasteiger partial charge in [0.25, 0.3) is 0 Å². The molecule has 0 aromatic heterocycles. The Hall–Kier alpha value is -3.49. The largest absolute Gasteiger partial charge is 0.390 e. The van der Waals surface area contributed by atoms with E-state index in [0.717, 1.165) is 0 Å². The Labute approximate surface area is 191 Å². The zero-order valence-electron chi connectivity index (χ0n) is 18.4. The fourth-order valence-corrected chi connectivity index (χ4v) is 4.02. The van der Waals surface area contributed by atoms with Crippen LogP contribution in [0.1, 0.15) is 24.5 Å². The van der Waals surface area contributed by atoms with E-state index in [4.69, 9.17) is 4.84 Å². The predicted molar refractivity (Wildman–Crippen MR) is 120 cm³/mol. The van der Waals surface area contributed by atoms with Crippen molar-refractivity contribution >= 4 is 23.2 Å². The van der Waals surface area contributed by atoms with Gasteiger partial charge in [0.2, 0.25) is 11.8 Å². The van der Waals surface area contributed by atoms with Gasteiger partial charge in [0, 0.05) is 45.1 Å². The maximum absolute atomic E-state index is 14.9. The minimum atomic E-state index is -0.384. The van der Waals surface area contributed by atoms with E-state index in [9.17, 15) is 18.4 Å². The van der Waals surface area contributed by atoms with E-state index in [1.807, 2.05) is 4.90 Å². The standard InChI is InChI=1S/C24H26F2N4O3/c1-16(31)27-15-19-14-22(28-33-19)18-6-7-23(21(26)12-18)29-8-10-30(11-9-29)24(32)13-17-4-2-3-5-20(17)25/h2-7,12,19H,8-11,13-15H2,1H3,(H,27,31). The second-order valence-corrected chi connectivity index (χ2v) is 8.21. The predicted octanol–water partition coefficient (Wildman–Crippen LogP) is 2.49. The maximum atomic E-state index is 14.9. The van der Waals surface area contributed by atoms with Crippen molar-refractivity contribution in [1.29, 1.82) is 0 Å². The number of oxime groups is 1. The van der Waals surface area contributed by atoms with Gasteiger partial charge in [0.1, 0.15) is 17.7 Å². The zero-order valence-corrected chi connectivity index (χ0v) is 18.4. The molecule has 4 rings (SSSR count). The lowest BCUT2D eigenvalue weighted by Crippen LogP contribution is -2.49. The number of hydrogen-bond donors (Lipinski definition) is 1. The van der Waals surface area contributed by atoms with Crippen LogP contribution in [-0.2, 0) is 20.8 Å². The molecular weight excluding hydrogens is 430 g/mol. The second-order valence-electron chi connectivity index (χ2n) is 8.21. The molecule has 33 heavy (non-hydrogen) atoms. The summed E-state index contributed by atoms with van der Waals surface area (Å²) in [5.74, 6) is -1.03. The molecule has 2 aromatic rings. The fourth-order valence-electron chi connectivity index (χ4n) is 4.02. The number of amides is 2. The summed E-state index contributed by atoms with van der Waals surface area (Å²) in [5.41, 5.74) is 2.12. The van der Waals surface area contributed by atoms with Crippen molar-refractivity contribution in [3.63, 3.8) is 0 Å². The van der Waals surface area contributed by atoms with Crippen molar-refractivity contribution < 1.29 is 23.2 Å². The molecule has 1 N–H and O–H groups in total. The minimum absolute atomic E-state index is 0.0167. The monoisotopic (exact) mass is 456 g/mol. The minimum Gasteiger partial charge on any atom is -0.390 e. The highest BCUT2D eigenvalue weighted by atomic mass is 19.1. The number of carbonyl (C=O) groups excluding carboxylic acids is 2. The summed E-state index contributed by atoms with van der Waals surface area (Å²) in [5, 5.41) is 6.72. The SMILES string of the molecule is CC(=O)NCC1CC(c2ccc(N3CCN(C(=O)Cc4ccccc4F)CC3)c(F)c2)=NO1. The third-order valence-electron chi connectivity index (χ3n) is 5.87. The highest BCUT2D eigenvalue weighted by Crippen LogP contribution is 2.25. The number of rotatable bonds is 6. The quantitative estimate of drug-likeness (QED) is 0.725. The molecule has 7 nitrogen and oxygen atoms in total. The van der Waals surface area contributed by atoms with E-state index < -0.39 is 0 Å². The van der Waals surface area contributed by atoms with Crippen LogP contribution in [0.5, 0.6) is 0 Å². The van der Waals surface area contributed by atoms with Gasteiger partial charge in [0.05, 0.1) is 24.4 Å². The number of piperazine rings is 1. The highest BCUT2D eigenvalue weighted by molar-refractivity contribution is 6.01. The maximum Gasteiger partial charge on any atom is 0.227 e. The first kappa shape index (κ1) is 22.7. The molecule has 1 saturated heterocycles. The molecule has 0 spiro atoms. The number of halogens is 2. The Morgan fingerprint density at radius 3 is 2.55 bits per heavy atom. The molecule has 9 heteroatoms. The van der Waals surface area contributed by atoms with E-state index in [-0.39, 0.29) is 36.0 Å². The summed E-state index contributed by atoms with van der Waals surface area (Å²) in [6, 6.07) is 11.2. The van der Waals surface area contributed by atoms with Gasteiger partial charge in [-0.1, -0.05) is 29.4 Å². The lowest BCUT2D eigenvalue weighted by Gasteiger charge is -2.36. The molecule has 1 fully saturated rings. The van der Waals surface area contributed by atoms with Crippen LogP contribution in [0.25, 0.3) is 0 Å². The zero-order chi connectivity index (χ0) is 23.4. The van der Waals surface area contributed by atoms with Gasteiger partial charge in [0.15, 0.2) is 0 Å². The Kier molecular flexibility index (Phi) is 6.86. The van der Waals surface area contributed by atoms with Gasteiger partial charge < -0.3 is 20.0 Å². The van der Waals surface area contributed by atoms with Crippen molar-refractivity contribution in [3.8, 4) is 0 Å². The molecule has 0 aliphatic carbocycles. The molecular formula is C24H26F2N4O3. The van der Waals surface area contributed by atoms with Crippen molar-refractivity contribution in [1.82, 2.24) is 10.2 Å². The van der Waals surface area contributed by atoms with Gasteiger partial charge in [-0.3, -0.25) is 9.59 Å². The molecule has 0 radical (unpaired) electrons. The van der Waals surface area contributed by atoms with Gasteiger partial charge in [-0.2, -0.15) is 0 Å². The Bertz CT molecular complexity index is 1070. The van der Waals surface area contributed by atoms with E-state index in [1.54, 1.807) is 35.2 Å². The summed E-state index contributed by atoms with van der Waals surface area (Å²) in [7, 11) is 0. The number of benzene rings is 2. The Morgan fingerprint density at radius 2 is 1.85 bits per heavy atom. The molecule has 0 bridgehead atoms. The molecule has 1 unspecified atom stereocenters. The number of carbonyl (C=O) groups is 2.